The highest BCUT2D eigenvalue weighted by Gasteiger charge is 2.13. The number of hydrazone groups is 1. The van der Waals surface area contributed by atoms with Crippen molar-refractivity contribution in [1.82, 2.24) is 15.0 Å². The van der Waals surface area contributed by atoms with E-state index in [1.807, 2.05) is 44.2 Å². The molecule has 0 aliphatic heterocycles. The molecule has 0 radical (unpaired) electrons. The molecular weight excluding hydrogens is 324 g/mol. The molecular formula is C17H16N4O2S. The van der Waals surface area contributed by atoms with Gasteiger partial charge in [0.2, 0.25) is 0 Å². The molecule has 122 valence electrons. The summed E-state index contributed by atoms with van der Waals surface area (Å²) in [5, 5.41) is 4.48. The first-order valence-electron chi connectivity index (χ1n) is 7.38. The molecule has 1 amide bonds. The Bertz CT molecular complexity index is 973. The van der Waals surface area contributed by atoms with E-state index in [2.05, 4.69) is 15.5 Å². The topological polar surface area (TPSA) is 76.3 Å². The number of thiophene rings is 1. The van der Waals surface area contributed by atoms with Crippen LogP contribution in [0.15, 0.2) is 46.6 Å². The highest BCUT2D eigenvalue weighted by Crippen LogP contribution is 2.25. The number of aryl methyl sites for hydroxylation is 2. The van der Waals surface area contributed by atoms with Gasteiger partial charge >= 0.3 is 0 Å². The Morgan fingerprint density at radius 2 is 2.08 bits per heavy atom. The van der Waals surface area contributed by atoms with E-state index in [4.69, 9.17) is 0 Å². The second-order valence-corrected chi connectivity index (χ2v) is 6.55. The summed E-state index contributed by atoms with van der Waals surface area (Å²) in [5.41, 5.74) is 4.01. The number of hydrogen-bond acceptors (Lipinski definition) is 5. The number of rotatable bonds is 4. The van der Waals surface area contributed by atoms with E-state index in [0.717, 1.165) is 16.0 Å². The lowest BCUT2D eigenvalue weighted by Gasteiger charge is -2.04. The van der Waals surface area contributed by atoms with Crippen molar-refractivity contribution in [2.24, 2.45) is 5.10 Å². The monoisotopic (exact) mass is 340 g/mol. The summed E-state index contributed by atoms with van der Waals surface area (Å²) in [6, 6.07) is 9.42. The minimum absolute atomic E-state index is 0.123. The molecule has 0 saturated heterocycles. The maximum absolute atomic E-state index is 12.5. The average Bonchev–Trinajstić information content (AvgIpc) is 2.86. The van der Waals surface area contributed by atoms with Gasteiger partial charge in [-0.15, -0.1) is 11.3 Å². The lowest BCUT2D eigenvalue weighted by molar-refractivity contribution is -0.121. The number of hydrogen-bond donors (Lipinski definition) is 1. The molecule has 7 heteroatoms. The SMILES string of the molecule is Cc1sc2ncn(CC(=O)N/N=C/c3ccccc3)c(=O)c2c1C. The number of carbonyl (C=O) groups is 1. The van der Waals surface area contributed by atoms with Crippen molar-refractivity contribution >= 4 is 33.7 Å². The molecule has 0 fully saturated rings. The largest absolute Gasteiger partial charge is 0.289 e. The number of nitrogens with one attached hydrogen (secondary N) is 1. The Morgan fingerprint density at radius 3 is 2.83 bits per heavy atom. The zero-order valence-corrected chi connectivity index (χ0v) is 14.1. The quantitative estimate of drug-likeness (QED) is 0.584. The van der Waals surface area contributed by atoms with Crippen LogP contribution in [0.2, 0.25) is 0 Å². The summed E-state index contributed by atoms with van der Waals surface area (Å²) in [6.07, 6.45) is 2.95. The second-order valence-electron chi connectivity index (χ2n) is 5.34. The zero-order chi connectivity index (χ0) is 17.1. The third-order valence-electron chi connectivity index (χ3n) is 3.67. The van der Waals surface area contributed by atoms with E-state index in [9.17, 15) is 9.59 Å². The number of fused-ring (bicyclic) bond motifs is 1. The van der Waals surface area contributed by atoms with Gasteiger partial charge in [0.1, 0.15) is 11.4 Å². The molecule has 2 aromatic heterocycles. The zero-order valence-electron chi connectivity index (χ0n) is 13.3. The van der Waals surface area contributed by atoms with E-state index in [-0.39, 0.29) is 18.0 Å². The van der Waals surface area contributed by atoms with Crippen LogP contribution in [-0.2, 0) is 11.3 Å². The van der Waals surface area contributed by atoms with Gasteiger partial charge < -0.3 is 0 Å². The Hall–Kier alpha value is -2.80. The maximum atomic E-state index is 12.5. The number of carbonyl (C=O) groups excluding carboxylic acids is 1. The minimum Gasteiger partial charge on any atom is -0.289 e. The molecule has 0 atom stereocenters. The Balaban J connectivity index is 1.74. The highest BCUT2D eigenvalue weighted by molar-refractivity contribution is 7.18. The van der Waals surface area contributed by atoms with Gasteiger partial charge in [-0.2, -0.15) is 5.10 Å². The van der Waals surface area contributed by atoms with Crippen molar-refractivity contribution in [2.45, 2.75) is 20.4 Å². The molecule has 0 saturated carbocycles. The fraction of sp³-hybridized carbons (Fsp3) is 0.176. The lowest BCUT2D eigenvalue weighted by Crippen LogP contribution is -2.30. The molecule has 24 heavy (non-hydrogen) atoms. The van der Waals surface area contributed by atoms with Crippen molar-refractivity contribution in [1.29, 1.82) is 0 Å². The summed E-state index contributed by atoms with van der Waals surface area (Å²) in [7, 11) is 0. The van der Waals surface area contributed by atoms with E-state index < -0.39 is 0 Å². The van der Waals surface area contributed by atoms with Gasteiger partial charge in [-0.1, -0.05) is 30.3 Å². The van der Waals surface area contributed by atoms with Crippen molar-refractivity contribution in [2.75, 3.05) is 0 Å². The molecule has 1 N–H and O–H groups in total. The molecule has 0 aliphatic carbocycles. The third-order valence-corrected chi connectivity index (χ3v) is 4.79. The Kier molecular flexibility index (Phi) is 4.52. The number of amides is 1. The first-order chi connectivity index (χ1) is 11.6. The summed E-state index contributed by atoms with van der Waals surface area (Å²) in [5.74, 6) is -0.380. The van der Waals surface area contributed by atoms with Gasteiger partial charge in [0.05, 0.1) is 17.9 Å². The molecule has 1 aromatic carbocycles. The van der Waals surface area contributed by atoms with E-state index in [0.29, 0.717) is 10.2 Å². The summed E-state index contributed by atoms with van der Waals surface area (Å²) < 4.78 is 1.30. The molecule has 6 nitrogen and oxygen atoms in total. The Labute approximate surface area is 142 Å². The van der Waals surface area contributed by atoms with E-state index in [1.54, 1.807) is 6.21 Å². The molecule has 0 bridgehead atoms. The average molecular weight is 340 g/mol. The van der Waals surface area contributed by atoms with Gasteiger partial charge in [-0.05, 0) is 25.0 Å². The van der Waals surface area contributed by atoms with Crippen LogP contribution < -0.4 is 11.0 Å². The molecule has 3 aromatic rings. The van der Waals surface area contributed by atoms with Gasteiger partial charge in [0.25, 0.3) is 11.5 Å². The number of nitrogens with zero attached hydrogens (tertiary/aromatic N) is 3. The van der Waals surface area contributed by atoms with Crippen molar-refractivity contribution in [3.63, 3.8) is 0 Å². The predicted octanol–water partition coefficient (Wildman–Crippen LogP) is 2.23. The molecule has 0 unspecified atom stereocenters. The summed E-state index contributed by atoms with van der Waals surface area (Å²) in [6.45, 7) is 3.73. The molecule has 2 heterocycles. The second kappa shape index (κ2) is 6.76. The number of aromatic nitrogens is 2. The van der Waals surface area contributed by atoms with Crippen LogP contribution in [0.4, 0.5) is 0 Å². The molecule has 0 spiro atoms. The minimum atomic E-state index is -0.380. The van der Waals surface area contributed by atoms with Crippen LogP contribution in [0.3, 0.4) is 0 Å². The van der Waals surface area contributed by atoms with Crippen LogP contribution >= 0.6 is 11.3 Å². The lowest BCUT2D eigenvalue weighted by atomic mass is 10.2. The van der Waals surface area contributed by atoms with E-state index >= 15 is 0 Å². The number of benzene rings is 1. The van der Waals surface area contributed by atoms with Gasteiger partial charge in [-0.25, -0.2) is 10.4 Å². The first-order valence-corrected chi connectivity index (χ1v) is 8.20. The highest BCUT2D eigenvalue weighted by atomic mass is 32.1. The smallest absolute Gasteiger partial charge is 0.262 e. The van der Waals surface area contributed by atoms with Crippen LogP contribution in [0.25, 0.3) is 10.2 Å². The van der Waals surface area contributed by atoms with Crippen molar-refractivity contribution in [3.8, 4) is 0 Å². The summed E-state index contributed by atoms with van der Waals surface area (Å²) in [4.78, 5) is 30.5. The third kappa shape index (κ3) is 3.26. The van der Waals surface area contributed by atoms with Crippen LogP contribution in [-0.4, -0.2) is 21.7 Å². The van der Waals surface area contributed by atoms with E-state index in [1.165, 1.54) is 22.2 Å². The van der Waals surface area contributed by atoms with Gasteiger partial charge in [-0.3, -0.25) is 14.2 Å². The normalized spacial score (nSPS) is 11.2. The standard InChI is InChI=1S/C17H16N4O2S/c1-11-12(2)24-16-15(11)17(23)21(10-18-16)9-14(22)20-19-8-13-6-4-3-5-7-13/h3-8,10H,9H2,1-2H3,(H,20,22)/b19-8+. The fourth-order valence-electron chi connectivity index (χ4n) is 2.29. The van der Waals surface area contributed by atoms with Crippen LogP contribution in [0, 0.1) is 13.8 Å². The summed E-state index contributed by atoms with van der Waals surface area (Å²) >= 11 is 1.48. The Morgan fingerprint density at radius 1 is 1.33 bits per heavy atom. The van der Waals surface area contributed by atoms with Crippen LogP contribution in [0.1, 0.15) is 16.0 Å². The van der Waals surface area contributed by atoms with Crippen LogP contribution in [0.5, 0.6) is 0 Å². The first kappa shape index (κ1) is 16.1. The maximum Gasteiger partial charge on any atom is 0.262 e. The van der Waals surface area contributed by atoms with Crippen molar-refractivity contribution < 1.29 is 4.79 Å². The molecule has 0 aliphatic rings. The van der Waals surface area contributed by atoms with Gasteiger partial charge in [0, 0.05) is 4.88 Å². The van der Waals surface area contributed by atoms with Gasteiger partial charge in [0.15, 0.2) is 0 Å². The fourth-order valence-corrected chi connectivity index (χ4v) is 3.28. The van der Waals surface area contributed by atoms with Crippen molar-refractivity contribution in [3.05, 3.63) is 63.0 Å². The predicted molar refractivity (Wildman–Crippen MR) is 95.5 cm³/mol. The molecule has 3 rings (SSSR count).